The van der Waals surface area contributed by atoms with Crippen molar-refractivity contribution >= 4 is 40.7 Å². The van der Waals surface area contributed by atoms with Gasteiger partial charge in [0.2, 0.25) is 0 Å². The summed E-state index contributed by atoms with van der Waals surface area (Å²) in [5.41, 5.74) is 1.37. The summed E-state index contributed by atoms with van der Waals surface area (Å²) in [4.78, 5) is 2.30. The lowest BCUT2D eigenvalue weighted by Gasteiger charge is -2.33. The highest BCUT2D eigenvalue weighted by atomic mass is 79.9. The number of nitrogens with one attached hydrogen (secondary N) is 1. The summed E-state index contributed by atoms with van der Waals surface area (Å²) in [5.74, 6) is 0.236. The molecule has 2 N–H and O–H groups in total. The lowest BCUT2D eigenvalue weighted by atomic mass is 10.0. The van der Waals surface area contributed by atoms with Gasteiger partial charge in [0, 0.05) is 37.8 Å². The van der Waals surface area contributed by atoms with Gasteiger partial charge in [-0.05, 0) is 35.0 Å². The Kier molecular flexibility index (Phi) is 8.48. The number of hydrogen-bond donors (Lipinski definition) is 2. The van der Waals surface area contributed by atoms with E-state index in [2.05, 4.69) is 39.1 Å². The van der Waals surface area contributed by atoms with Crippen LogP contribution in [0.15, 0.2) is 16.6 Å². The van der Waals surface area contributed by atoms with E-state index in [-0.39, 0.29) is 36.6 Å². The Morgan fingerprint density at radius 1 is 1.35 bits per heavy atom. The van der Waals surface area contributed by atoms with E-state index in [9.17, 15) is 5.11 Å². The van der Waals surface area contributed by atoms with E-state index in [0.717, 1.165) is 31.7 Å². The van der Waals surface area contributed by atoms with Crippen molar-refractivity contribution < 1.29 is 5.11 Å². The number of aromatic hydroxyl groups is 1. The number of piperazine rings is 1. The predicted molar refractivity (Wildman–Crippen MR) is 87.9 cm³/mol. The van der Waals surface area contributed by atoms with Crippen LogP contribution in [0.1, 0.15) is 24.1 Å². The number of benzene rings is 1. The molecule has 112 valence electrons. The molecule has 1 aliphatic heterocycles. The fourth-order valence-electron chi connectivity index (χ4n) is 2.27. The van der Waals surface area contributed by atoms with Crippen molar-refractivity contribution in [2.24, 2.45) is 0 Å². The van der Waals surface area contributed by atoms with Gasteiger partial charge in [0.1, 0.15) is 5.75 Å². The normalized spacial score (nSPS) is 16.4. The number of phenolic OH excluding ortho intramolecular Hbond substituents is 1. The van der Waals surface area contributed by atoms with Crippen LogP contribution >= 0.6 is 40.7 Å². The molecule has 0 bridgehead atoms. The molecule has 2 rings (SSSR count). The molecule has 0 aromatic heterocycles. The number of rotatable bonds is 2. The van der Waals surface area contributed by atoms with Gasteiger partial charge in [0.05, 0.1) is 16.1 Å². The van der Waals surface area contributed by atoms with Crippen LogP contribution in [-0.4, -0.2) is 36.2 Å². The Hall–Kier alpha value is -0.510. The summed E-state index contributed by atoms with van der Waals surface area (Å²) in [6.45, 7) is 5.90. The molecule has 1 atom stereocenters. The zero-order chi connectivity index (χ0) is 13.1. The van der Waals surface area contributed by atoms with Crippen molar-refractivity contribution in [2.45, 2.75) is 13.0 Å². The highest BCUT2D eigenvalue weighted by Gasteiger charge is 2.22. The average molecular weight is 383 g/mol. The van der Waals surface area contributed by atoms with Gasteiger partial charge < -0.3 is 10.4 Å². The van der Waals surface area contributed by atoms with Crippen molar-refractivity contribution in [1.82, 2.24) is 10.2 Å². The van der Waals surface area contributed by atoms with Gasteiger partial charge in [-0.25, -0.2) is 0 Å². The first-order chi connectivity index (χ1) is 8.63. The van der Waals surface area contributed by atoms with Gasteiger partial charge in [-0.2, -0.15) is 5.26 Å². The lowest BCUT2D eigenvalue weighted by Crippen LogP contribution is -2.44. The number of nitrogens with zero attached hydrogens (tertiary/aromatic N) is 2. The summed E-state index contributed by atoms with van der Waals surface area (Å²) in [6, 6.07) is 5.64. The summed E-state index contributed by atoms with van der Waals surface area (Å²) >= 11 is 3.30. The lowest BCUT2D eigenvalue weighted by molar-refractivity contribution is 0.183. The van der Waals surface area contributed by atoms with E-state index in [1.54, 1.807) is 12.1 Å². The first kappa shape index (κ1) is 19.5. The van der Waals surface area contributed by atoms with E-state index in [0.29, 0.717) is 10.0 Å². The van der Waals surface area contributed by atoms with Crippen LogP contribution in [-0.2, 0) is 0 Å². The van der Waals surface area contributed by atoms with Crippen LogP contribution in [0.2, 0.25) is 0 Å². The van der Waals surface area contributed by atoms with Crippen molar-refractivity contribution in [2.75, 3.05) is 26.2 Å². The van der Waals surface area contributed by atoms with E-state index in [4.69, 9.17) is 5.26 Å². The summed E-state index contributed by atoms with van der Waals surface area (Å²) in [6.07, 6.45) is 0. The third-order valence-electron chi connectivity index (χ3n) is 3.37. The molecule has 0 aliphatic carbocycles. The standard InChI is InChI=1S/C13H16BrN3O.2ClH/c1-9(17-4-2-16-3-5-17)11-6-10(8-15)7-12(14)13(11)18;;/h6-7,9,16,18H,2-5H2,1H3;2*1H/t9-;;/m1../s1. The maximum atomic E-state index is 10.1. The maximum Gasteiger partial charge on any atom is 0.134 e. The van der Waals surface area contributed by atoms with Crippen LogP contribution in [0.4, 0.5) is 0 Å². The Bertz CT molecular complexity index is 487. The molecule has 1 aromatic carbocycles. The molecule has 0 amide bonds. The molecular formula is C13H18BrCl2N3O. The molecule has 1 fully saturated rings. The fraction of sp³-hybridized carbons (Fsp3) is 0.462. The minimum Gasteiger partial charge on any atom is -0.506 e. The van der Waals surface area contributed by atoms with Crippen LogP contribution in [0, 0.1) is 11.3 Å². The first-order valence-corrected chi connectivity index (χ1v) is 6.80. The largest absolute Gasteiger partial charge is 0.506 e. The van der Waals surface area contributed by atoms with Crippen LogP contribution in [0.3, 0.4) is 0 Å². The van der Waals surface area contributed by atoms with Crippen LogP contribution in [0.25, 0.3) is 0 Å². The van der Waals surface area contributed by atoms with Crippen molar-refractivity contribution in [3.05, 3.63) is 27.7 Å². The molecule has 1 aromatic rings. The molecule has 1 saturated heterocycles. The van der Waals surface area contributed by atoms with Gasteiger partial charge in [-0.3, -0.25) is 4.90 Å². The second-order valence-corrected chi connectivity index (χ2v) is 5.32. The fourth-order valence-corrected chi connectivity index (χ4v) is 2.75. The molecule has 1 heterocycles. The SMILES string of the molecule is C[C@H](c1cc(C#N)cc(Br)c1O)N1CCNCC1.Cl.Cl. The van der Waals surface area contributed by atoms with Gasteiger partial charge in [0.25, 0.3) is 0 Å². The minimum absolute atomic E-state index is 0. The molecule has 20 heavy (non-hydrogen) atoms. The molecule has 4 nitrogen and oxygen atoms in total. The third kappa shape index (κ3) is 4.24. The number of phenols is 1. The number of nitriles is 1. The van der Waals surface area contributed by atoms with E-state index in [1.165, 1.54) is 0 Å². The molecule has 0 unspecified atom stereocenters. The van der Waals surface area contributed by atoms with E-state index >= 15 is 0 Å². The van der Waals surface area contributed by atoms with Gasteiger partial charge in [-0.1, -0.05) is 0 Å². The monoisotopic (exact) mass is 381 g/mol. The van der Waals surface area contributed by atoms with Gasteiger partial charge >= 0.3 is 0 Å². The summed E-state index contributed by atoms with van der Waals surface area (Å²) < 4.78 is 0.582. The predicted octanol–water partition coefficient (Wildman–Crippen LogP) is 2.84. The van der Waals surface area contributed by atoms with Gasteiger partial charge in [-0.15, -0.1) is 24.8 Å². The molecule has 1 aliphatic rings. The summed E-state index contributed by atoms with van der Waals surface area (Å²) in [5, 5.41) is 22.4. The Morgan fingerprint density at radius 2 is 1.95 bits per heavy atom. The molecular weight excluding hydrogens is 365 g/mol. The minimum atomic E-state index is 0. The smallest absolute Gasteiger partial charge is 0.134 e. The third-order valence-corrected chi connectivity index (χ3v) is 3.98. The van der Waals surface area contributed by atoms with Crippen LogP contribution in [0.5, 0.6) is 5.75 Å². The maximum absolute atomic E-state index is 10.1. The average Bonchev–Trinajstić information content (AvgIpc) is 2.42. The van der Waals surface area contributed by atoms with E-state index < -0.39 is 0 Å². The Labute approximate surface area is 140 Å². The zero-order valence-corrected chi connectivity index (χ0v) is 14.3. The Balaban J connectivity index is 0.00000180. The van der Waals surface area contributed by atoms with E-state index in [1.807, 2.05) is 0 Å². The highest BCUT2D eigenvalue weighted by Crippen LogP contribution is 2.35. The first-order valence-electron chi connectivity index (χ1n) is 6.00. The van der Waals surface area contributed by atoms with Gasteiger partial charge in [0.15, 0.2) is 0 Å². The van der Waals surface area contributed by atoms with Crippen molar-refractivity contribution in [1.29, 1.82) is 5.26 Å². The van der Waals surface area contributed by atoms with Crippen LogP contribution < -0.4 is 5.32 Å². The van der Waals surface area contributed by atoms with Crippen molar-refractivity contribution in [3.63, 3.8) is 0 Å². The zero-order valence-electron chi connectivity index (χ0n) is 11.1. The molecule has 0 radical (unpaired) electrons. The number of hydrogen-bond acceptors (Lipinski definition) is 4. The number of halogens is 3. The Morgan fingerprint density at radius 3 is 2.50 bits per heavy atom. The highest BCUT2D eigenvalue weighted by molar-refractivity contribution is 9.10. The second kappa shape index (κ2) is 8.71. The second-order valence-electron chi connectivity index (χ2n) is 4.47. The summed E-state index contributed by atoms with van der Waals surface area (Å²) in [7, 11) is 0. The quantitative estimate of drug-likeness (QED) is 0.825. The molecule has 7 heteroatoms. The van der Waals surface area contributed by atoms with Crippen molar-refractivity contribution in [3.8, 4) is 11.8 Å². The molecule has 0 saturated carbocycles. The topological polar surface area (TPSA) is 59.3 Å². The molecule has 0 spiro atoms.